The van der Waals surface area contributed by atoms with Gasteiger partial charge < -0.3 is 9.64 Å². The molecule has 3 nitrogen and oxygen atoms in total. The average Bonchev–Trinajstić information content (AvgIpc) is 2.46. The van der Waals surface area contributed by atoms with Gasteiger partial charge in [-0.2, -0.15) is 12.6 Å². The Morgan fingerprint density at radius 1 is 1.53 bits per heavy atom. The van der Waals surface area contributed by atoms with E-state index in [4.69, 9.17) is 4.74 Å². The number of nitrogens with zero attached hydrogens (tertiary/aromatic N) is 1. The van der Waals surface area contributed by atoms with Gasteiger partial charge in [-0.25, -0.2) is 4.79 Å². The fraction of sp³-hybridized carbons (Fsp3) is 0.909. The Bertz CT molecular complexity index is 249. The number of rotatable bonds is 1. The van der Waals surface area contributed by atoms with Crippen molar-refractivity contribution in [3.05, 3.63) is 0 Å². The highest BCUT2D eigenvalue weighted by molar-refractivity contribution is 7.81. The van der Waals surface area contributed by atoms with Crippen LogP contribution in [-0.2, 0) is 4.74 Å². The maximum Gasteiger partial charge on any atom is 0.410 e. The molecule has 1 saturated heterocycles. The molecule has 1 heterocycles. The van der Waals surface area contributed by atoms with Gasteiger partial charge >= 0.3 is 6.09 Å². The smallest absolute Gasteiger partial charge is 0.410 e. The van der Waals surface area contributed by atoms with E-state index >= 15 is 0 Å². The Morgan fingerprint density at radius 3 is 2.53 bits per heavy atom. The molecule has 1 atom stereocenters. The van der Waals surface area contributed by atoms with Crippen LogP contribution in [0.25, 0.3) is 0 Å². The minimum absolute atomic E-state index is 0.0170. The average molecular weight is 231 g/mol. The lowest BCUT2D eigenvalue weighted by atomic mass is 10.1. The molecule has 15 heavy (non-hydrogen) atoms. The standard InChI is InChI=1S/C11H21NO2S/c1-5-11(15)6-7-12(8-11)9(13)14-10(2,3)4/h15H,5-8H2,1-4H3/t11-/m1/s1. The molecule has 0 aromatic rings. The van der Waals surface area contributed by atoms with Gasteiger partial charge in [-0.3, -0.25) is 0 Å². The van der Waals surface area contributed by atoms with Gasteiger partial charge in [-0.05, 0) is 33.6 Å². The van der Waals surface area contributed by atoms with Crippen molar-refractivity contribution in [2.45, 2.75) is 50.9 Å². The maximum absolute atomic E-state index is 11.7. The summed E-state index contributed by atoms with van der Waals surface area (Å²) in [6.45, 7) is 9.21. The molecule has 1 amide bonds. The van der Waals surface area contributed by atoms with Gasteiger partial charge in [-0.15, -0.1) is 0 Å². The van der Waals surface area contributed by atoms with Crippen molar-refractivity contribution in [3.63, 3.8) is 0 Å². The second-order valence-corrected chi connectivity index (χ2v) is 6.18. The first-order valence-electron chi connectivity index (χ1n) is 5.46. The van der Waals surface area contributed by atoms with E-state index in [2.05, 4.69) is 19.6 Å². The molecule has 4 heteroatoms. The number of likely N-dealkylation sites (tertiary alicyclic amines) is 1. The third-order valence-electron chi connectivity index (χ3n) is 2.64. The van der Waals surface area contributed by atoms with Crippen molar-refractivity contribution in [1.29, 1.82) is 0 Å². The lowest BCUT2D eigenvalue weighted by Gasteiger charge is -2.26. The molecule has 0 bridgehead atoms. The Balaban J connectivity index is 2.51. The van der Waals surface area contributed by atoms with Crippen LogP contribution in [0.15, 0.2) is 0 Å². The Labute approximate surface area is 97.6 Å². The van der Waals surface area contributed by atoms with E-state index in [1.54, 1.807) is 4.90 Å². The molecule has 1 aliphatic rings. The van der Waals surface area contributed by atoms with Gasteiger partial charge in [-0.1, -0.05) is 6.92 Å². The summed E-state index contributed by atoms with van der Waals surface area (Å²) in [5, 5.41) is 0. The summed E-state index contributed by atoms with van der Waals surface area (Å²) >= 11 is 4.60. The summed E-state index contributed by atoms with van der Waals surface area (Å²) in [6, 6.07) is 0. The highest BCUT2D eigenvalue weighted by atomic mass is 32.1. The van der Waals surface area contributed by atoms with Gasteiger partial charge in [0.1, 0.15) is 5.60 Å². The van der Waals surface area contributed by atoms with Crippen LogP contribution in [0, 0.1) is 0 Å². The molecule has 0 saturated carbocycles. The molecule has 0 unspecified atom stereocenters. The first-order chi connectivity index (χ1) is 6.76. The zero-order valence-electron chi connectivity index (χ0n) is 10.0. The van der Waals surface area contributed by atoms with E-state index in [-0.39, 0.29) is 10.8 Å². The number of hydrogen-bond donors (Lipinski definition) is 1. The second-order valence-electron chi connectivity index (χ2n) is 5.23. The highest BCUT2D eigenvalue weighted by Crippen LogP contribution is 2.31. The summed E-state index contributed by atoms with van der Waals surface area (Å²) in [5.74, 6) is 0. The SMILES string of the molecule is CC[C@@]1(S)CCN(C(=O)OC(C)(C)C)C1. The topological polar surface area (TPSA) is 29.5 Å². The third kappa shape index (κ3) is 3.59. The fourth-order valence-corrected chi connectivity index (χ4v) is 1.90. The predicted molar refractivity (Wildman–Crippen MR) is 64.4 cm³/mol. The van der Waals surface area contributed by atoms with E-state index in [0.717, 1.165) is 19.4 Å². The van der Waals surface area contributed by atoms with Crippen LogP contribution >= 0.6 is 12.6 Å². The van der Waals surface area contributed by atoms with Crippen molar-refractivity contribution in [1.82, 2.24) is 4.90 Å². The van der Waals surface area contributed by atoms with Crippen molar-refractivity contribution in [2.75, 3.05) is 13.1 Å². The first kappa shape index (κ1) is 12.7. The quantitative estimate of drug-likeness (QED) is 0.703. The van der Waals surface area contributed by atoms with E-state index < -0.39 is 5.60 Å². The minimum Gasteiger partial charge on any atom is -0.444 e. The van der Waals surface area contributed by atoms with Crippen LogP contribution in [0.1, 0.15) is 40.5 Å². The molecule has 0 aromatic heterocycles. The van der Waals surface area contributed by atoms with Crippen molar-refractivity contribution in [3.8, 4) is 0 Å². The van der Waals surface area contributed by atoms with Crippen molar-refractivity contribution >= 4 is 18.7 Å². The van der Waals surface area contributed by atoms with Crippen molar-refractivity contribution in [2.24, 2.45) is 0 Å². The monoisotopic (exact) mass is 231 g/mol. The van der Waals surface area contributed by atoms with E-state index in [1.807, 2.05) is 20.8 Å². The summed E-state index contributed by atoms with van der Waals surface area (Å²) in [7, 11) is 0. The molecule has 0 radical (unpaired) electrons. The number of thiol groups is 1. The summed E-state index contributed by atoms with van der Waals surface area (Å²) in [4.78, 5) is 13.5. The summed E-state index contributed by atoms with van der Waals surface area (Å²) in [6.07, 6.45) is 1.72. The van der Waals surface area contributed by atoms with Crippen LogP contribution in [-0.4, -0.2) is 34.4 Å². The molecule has 88 valence electrons. The van der Waals surface area contributed by atoms with Crippen LogP contribution in [0.3, 0.4) is 0 Å². The Kier molecular flexibility index (Phi) is 3.59. The predicted octanol–water partition coefficient (Wildman–Crippen LogP) is 2.71. The molecule has 1 aliphatic heterocycles. The highest BCUT2D eigenvalue weighted by Gasteiger charge is 2.37. The number of hydrogen-bond acceptors (Lipinski definition) is 3. The Morgan fingerprint density at radius 2 is 2.13 bits per heavy atom. The molecular weight excluding hydrogens is 210 g/mol. The van der Waals surface area contributed by atoms with Gasteiger partial charge in [0, 0.05) is 17.8 Å². The lowest BCUT2D eigenvalue weighted by molar-refractivity contribution is 0.0290. The Hall–Kier alpha value is -0.380. The number of carbonyl (C=O) groups is 1. The molecule has 1 fully saturated rings. The van der Waals surface area contributed by atoms with Gasteiger partial charge in [0.15, 0.2) is 0 Å². The molecule has 0 aromatic carbocycles. The second kappa shape index (κ2) is 4.24. The van der Waals surface area contributed by atoms with E-state index in [9.17, 15) is 4.79 Å². The maximum atomic E-state index is 11.7. The van der Waals surface area contributed by atoms with Crippen LogP contribution in [0.4, 0.5) is 4.79 Å². The van der Waals surface area contributed by atoms with Crippen LogP contribution in [0.2, 0.25) is 0 Å². The molecular formula is C11H21NO2S. The molecule has 0 aliphatic carbocycles. The number of ether oxygens (including phenoxy) is 1. The molecule has 1 rings (SSSR count). The number of amides is 1. The normalized spacial score (nSPS) is 26.9. The molecule has 0 N–H and O–H groups in total. The van der Waals surface area contributed by atoms with Gasteiger partial charge in [0.25, 0.3) is 0 Å². The van der Waals surface area contributed by atoms with Crippen molar-refractivity contribution < 1.29 is 9.53 Å². The minimum atomic E-state index is -0.412. The third-order valence-corrected chi connectivity index (χ3v) is 3.32. The zero-order valence-corrected chi connectivity index (χ0v) is 10.9. The lowest BCUT2D eigenvalue weighted by Crippen LogP contribution is -2.37. The van der Waals surface area contributed by atoms with Crippen LogP contribution in [0.5, 0.6) is 0 Å². The summed E-state index contributed by atoms with van der Waals surface area (Å²) in [5.41, 5.74) is -0.412. The fourth-order valence-electron chi connectivity index (χ4n) is 1.63. The van der Waals surface area contributed by atoms with Gasteiger partial charge in [0.05, 0.1) is 0 Å². The summed E-state index contributed by atoms with van der Waals surface area (Å²) < 4.78 is 5.30. The first-order valence-corrected chi connectivity index (χ1v) is 5.91. The zero-order chi connectivity index (χ0) is 11.7. The molecule has 0 spiro atoms. The van der Waals surface area contributed by atoms with Gasteiger partial charge in [0.2, 0.25) is 0 Å². The van der Waals surface area contributed by atoms with E-state index in [1.165, 1.54) is 0 Å². The number of carbonyl (C=O) groups excluding carboxylic acids is 1. The van der Waals surface area contributed by atoms with E-state index in [0.29, 0.717) is 6.54 Å². The van der Waals surface area contributed by atoms with Crippen LogP contribution < -0.4 is 0 Å². The largest absolute Gasteiger partial charge is 0.444 e.